The molecule has 0 heterocycles. The molecule has 0 aliphatic carbocycles. The molecule has 0 aromatic heterocycles. The Kier molecular flexibility index (Phi) is 7.54. The number of methoxy groups -OCH3 is 1. The Morgan fingerprint density at radius 3 is 2.19 bits per heavy atom. The standard InChI is InChI=1S/C11H22N2O3/c1-5-9(11(15)16-4)12-8-10(14)13(6-2)7-3/h9,12H,5-8H2,1-4H3. The predicted octanol–water partition coefficient (Wildman–Crippen LogP) is 0.396. The number of hydrogen-bond acceptors (Lipinski definition) is 4. The van der Waals surface area contributed by atoms with Crippen molar-refractivity contribution in [2.75, 3.05) is 26.7 Å². The molecule has 0 aliphatic rings. The van der Waals surface area contributed by atoms with E-state index >= 15 is 0 Å². The Balaban J connectivity index is 4.11. The van der Waals surface area contributed by atoms with Gasteiger partial charge in [0.15, 0.2) is 0 Å². The Morgan fingerprint density at radius 1 is 1.25 bits per heavy atom. The van der Waals surface area contributed by atoms with Crippen molar-refractivity contribution in [2.24, 2.45) is 0 Å². The normalized spacial score (nSPS) is 12.0. The number of likely N-dealkylation sites (N-methyl/N-ethyl adjacent to an activating group) is 1. The first kappa shape index (κ1) is 14.9. The van der Waals surface area contributed by atoms with Crippen molar-refractivity contribution in [2.45, 2.75) is 33.2 Å². The number of hydrogen-bond donors (Lipinski definition) is 1. The van der Waals surface area contributed by atoms with Crippen LogP contribution < -0.4 is 5.32 Å². The van der Waals surface area contributed by atoms with Gasteiger partial charge < -0.3 is 9.64 Å². The maximum Gasteiger partial charge on any atom is 0.322 e. The number of nitrogens with zero attached hydrogens (tertiary/aromatic N) is 1. The molecule has 5 heteroatoms. The lowest BCUT2D eigenvalue weighted by atomic mass is 10.2. The number of esters is 1. The molecule has 0 bridgehead atoms. The van der Waals surface area contributed by atoms with Crippen LogP contribution >= 0.6 is 0 Å². The molecule has 16 heavy (non-hydrogen) atoms. The molecule has 0 rings (SSSR count). The van der Waals surface area contributed by atoms with E-state index < -0.39 is 6.04 Å². The van der Waals surface area contributed by atoms with Crippen molar-refractivity contribution in [1.29, 1.82) is 0 Å². The fraction of sp³-hybridized carbons (Fsp3) is 0.818. The molecule has 1 atom stereocenters. The lowest BCUT2D eigenvalue weighted by Gasteiger charge is -2.20. The molecule has 1 N–H and O–H groups in total. The van der Waals surface area contributed by atoms with Gasteiger partial charge in [-0.3, -0.25) is 14.9 Å². The third-order valence-electron chi connectivity index (χ3n) is 2.51. The van der Waals surface area contributed by atoms with E-state index in [2.05, 4.69) is 10.1 Å². The molecule has 0 aromatic carbocycles. The molecule has 5 nitrogen and oxygen atoms in total. The summed E-state index contributed by atoms with van der Waals surface area (Å²) in [6.45, 7) is 7.28. The van der Waals surface area contributed by atoms with Crippen LogP contribution in [0.3, 0.4) is 0 Å². The van der Waals surface area contributed by atoms with E-state index in [9.17, 15) is 9.59 Å². The lowest BCUT2D eigenvalue weighted by molar-refractivity contribution is -0.143. The minimum absolute atomic E-state index is 0.00681. The quantitative estimate of drug-likeness (QED) is 0.643. The zero-order valence-corrected chi connectivity index (χ0v) is 10.6. The number of nitrogens with one attached hydrogen (secondary N) is 1. The molecule has 0 saturated heterocycles. The number of ether oxygens (including phenoxy) is 1. The topological polar surface area (TPSA) is 58.6 Å². The zero-order chi connectivity index (χ0) is 12.6. The fourth-order valence-corrected chi connectivity index (χ4v) is 1.44. The Labute approximate surface area is 97.1 Å². The number of amides is 1. The molecule has 0 aromatic rings. The third-order valence-corrected chi connectivity index (χ3v) is 2.51. The van der Waals surface area contributed by atoms with E-state index in [1.54, 1.807) is 4.90 Å². The van der Waals surface area contributed by atoms with Gasteiger partial charge in [-0.1, -0.05) is 6.92 Å². The van der Waals surface area contributed by atoms with Crippen LogP contribution in [0.1, 0.15) is 27.2 Å². The zero-order valence-electron chi connectivity index (χ0n) is 10.6. The minimum atomic E-state index is -0.399. The Morgan fingerprint density at radius 2 is 1.81 bits per heavy atom. The van der Waals surface area contributed by atoms with E-state index in [0.29, 0.717) is 19.5 Å². The van der Waals surface area contributed by atoms with Gasteiger partial charge in [-0.2, -0.15) is 0 Å². The number of carbonyl (C=O) groups excluding carboxylic acids is 2. The summed E-state index contributed by atoms with van der Waals surface area (Å²) in [6.07, 6.45) is 0.609. The first-order chi connectivity index (χ1) is 7.60. The summed E-state index contributed by atoms with van der Waals surface area (Å²) < 4.78 is 4.62. The van der Waals surface area contributed by atoms with Crippen LogP contribution in [0.4, 0.5) is 0 Å². The highest BCUT2D eigenvalue weighted by atomic mass is 16.5. The second-order valence-corrected chi connectivity index (χ2v) is 3.43. The van der Waals surface area contributed by atoms with Crippen molar-refractivity contribution in [3.05, 3.63) is 0 Å². The van der Waals surface area contributed by atoms with Crippen molar-refractivity contribution < 1.29 is 14.3 Å². The monoisotopic (exact) mass is 230 g/mol. The van der Waals surface area contributed by atoms with Crippen LogP contribution in [0.25, 0.3) is 0 Å². The second-order valence-electron chi connectivity index (χ2n) is 3.43. The lowest BCUT2D eigenvalue weighted by Crippen LogP contribution is -2.44. The minimum Gasteiger partial charge on any atom is -0.468 e. The van der Waals surface area contributed by atoms with Gasteiger partial charge in [0.2, 0.25) is 5.91 Å². The molecule has 1 unspecified atom stereocenters. The molecular formula is C11H22N2O3. The molecular weight excluding hydrogens is 208 g/mol. The number of rotatable bonds is 7. The summed E-state index contributed by atoms with van der Waals surface area (Å²) in [7, 11) is 1.35. The molecule has 0 spiro atoms. The van der Waals surface area contributed by atoms with Crippen LogP contribution in [0.2, 0.25) is 0 Å². The Hall–Kier alpha value is -1.10. The molecule has 1 amide bonds. The summed E-state index contributed by atoms with van der Waals surface area (Å²) in [6, 6.07) is -0.399. The average Bonchev–Trinajstić information content (AvgIpc) is 2.31. The van der Waals surface area contributed by atoms with Crippen LogP contribution in [0.15, 0.2) is 0 Å². The highest BCUT2D eigenvalue weighted by Gasteiger charge is 2.18. The fourth-order valence-electron chi connectivity index (χ4n) is 1.44. The molecule has 0 saturated carbocycles. The van der Waals surface area contributed by atoms with Gasteiger partial charge in [0.05, 0.1) is 13.7 Å². The van der Waals surface area contributed by atoms with Crippen LogP contribution in [0, 0.1) is 0 Å². The highest BCUT2D eigenvalue weighted by Crippen LogP contribution is 1.95. The van der Waals surface area contributed by atoms with Crippen molar-refractivity contribution in [3.8, 4) is 0 Å². The second kappa shape index (κ2) is 8.10. The molecule has 94 valence electrons. The van der Waals surface area contributed by atoms with Crippen molar-refractivity contribution in [3.63, 3.8) is 0 Å². The van der Waals surface area contributed by atoms with E-state index in [-0.39, 0.29) is 18.4 Å². The summed E-state index contributed by atoms with van der Waals surface area (Å²) in [5, 5.41) is 2.90. The molecule has 0 aliphatic heterocycles. The SMILES string of the molecule is CCC(NCC(=O)N(CC)CC)C(=O)OC. The first-order valence-electron chi connectivity index (χ1n) is 5.69. The molecule has 0 radical (unpaired) electrons. The first-order valence-corrected chi connectivity index (χ1v) is 5.69. The average molecular weight is 230 g/mol. The van der Waals surface area contributed by atoms with Crippen LogP contribution in [0.5, 0.6) is 0 Å². The smallest absolute Gasteiger partial charge is 0.322 e. The predicted molar refractivity (Wildman–Crippen MR) is 62.0 cm³/mol. The Bertz CT molecular complexity index is 227. The summed E-state index contributed by atoms with van der Waals surface area (Å²) in [5.41, 5.74) is 0. The highest BCUT2D eigenvalue weighted by molar-refractivity contribution is 5.80. The van der Waals surface area contributed by atoms with Gasteiger partial charge in [0.25, 0.3) is 0 Å². The molecule has 0 fully saturated rings. The summed E-state index contributed by atoms with van der Waals surface area (Å²) in [4.78, 5) is 24.6. The van der Waals surface area contributed by atoms with Gasteiger partial charge in [-0.25, -0.2) is 0 Å². The largest absolute Gasteiger partial charge is 0.468 e. The maximum absolute atomic E-state index is 11.6. The van der Waals surface area contributed by atoms with Gasteiger partial charge in [-0.15, -0.1) is 0 Å². The van der Waals surface area contributed by atoms with Gasteiger partial charge in [0.1, 0.15) is 6.04 Å². The van der Waals surface area contributed by atoms with Crippen LogP contribution in [-0.2, 0) is 14.3 Å². The van der Waals surface area contributed by atoms with Gasteiger partial charge in [-0.05, 0) is 20.3 Å². The number of carbonyl (C=O) groups is 2. The van der Waals surface area contributed by atoms with Gasteiger partial charge >= 0.3 is 5.97 Å². The van der Waals surface area contributed by atoms with E-state index in [1.165, 1.54) is 7.11 Å². The van der Waals surface area contributed by atoms with Crippen molar-refractivity contribution >= 4 is 11.9 Å². The van der Waals surface area contributed by atoms with Crippen LogP contribution in [-0.4, -0.2) is 49.6 Å². The summed E-state index contributed by atoms with van der Waals surface area (Å²) >= 11 is 0. The van der Waals surface area contributed by atoms with Gasteiger partial charge in [0, 0.05) is 13.1 Å². The van der Waals surface area contributed by atoms with E-state index in [4.69, 9.17) is 0 Å². The third kappa shape index (κ3) is 4.61. The maximum atomic E-state index is 11.6. The van der Waals surface area contributed by atoms with E-state index in [1.807, 2.05) is 20.8 Å². The summed E-state index contributed by atoms with van der Waals surface area (Å²) in [5.74, 6) is -0.317. The van der Waals surface area contributed by atoms with Crippen molar-refractivity contribution in [1.82, 2.24) is 10.2 Å². The van der Waals surface area contributed by atoms with E-state index in [0.717, 1.165) is 0 Å².